The first-order valence-corrected chi connectivity index (χ1v) is 7.75. The molecule has 0 heterocycles. The molecular formula is C16H26O3. The number of methoxy groups -OCH3 is 2. The van der Waals surface area contributed by atoms with E-state index in [2.05, 4.69) is 0 Å². The first kappa shape index (κ1) is 13.6. The van der Waals surface area contributed by atoms with Gasteiger partial charge in [0.05, 0.1) is 12.2 Å². The number of rotatable bonds is 2. The quantitative estimate of drug-likeness (QED) is 0.770. The zero-order valence-electron chi connectivity index (χ0n) is 12.2. The van der Waals surface area contributed by atoms with E-state index in [1.807, 2.05) is 0 Å². The molecule has 0 bridgehead atoms. The highest BCUT2D eigenvalue weighted by molar-refractivity contribution is 5.96. The van der Waals surface area contributed by atoms with Crippen molar-refractivity contribution < 1.29 is 14.3 Å². The first-order chi connectivity index (χ1) is 9.14. The summed E-state index contributed by atoms with van der Waals surface area (Å²) in [7, 11) is 3.58. The second kappa shape index (κ2) is 4.85. The third-order valence-electron chi connectivity index (χ3n) is 6.09. The van der Waals surface area contributed by atoms with Gasteiger partial charge in [0.25, 0.3) is 0 Å². The van der Waals surface area contributed by atoms with E-state index in [1.165, 1.54) is 0 Å². The lowest BCUT2D eigenvalue weighted by Gasteiger charge is -2.58. The molecule has 0 atom stereocenters. The van der Waals surface area contributed by atoms with Crippen molar-refractivity contribution in [1.82, 2.24) is 0 Å². The van der Waals surface area contributed by atoms with Crippen LogP contribution in [0.2, 0.25) is 0 Å². The molecular weight excluding hydrogens is 240 g/mol. The Morgan fingerprint density at radius 1 is 0.842 bits per heavy atom. The molecule has 0 aromatic heterocycles. The minimum atomic E-state index is 0.0366. The molecule has 19 heavy (non-hydrogen) atoms. The van der Waals surface area contributed by atoms with Crippen LogP contribution in [0.4, 0.5) is 0 Å². The molecule has 108 valence electrons. The molecule has 2 spiro atoms. The third kappa shape index (κ3) is 2.06. The standard InChI is InChI=1S/C16H26O3/c1-18-12-3-7-15(8-4-12)11-16(14(15)17)9-5-13(19-2)6-10-16/h12-13H,3-11H2,1-2H3. The van der Waals surface area contributed by atoms with Crippen LogP contribution in [0.5, 0.6) is 0 Å². The summed E-state index contributed by atoms with van der Waals surface area (Å²) in [5.74, 6) is 0.587. The molecule has 0 aliphatic heterocycles. The van der Waals surface area contributed by atoms with Crippen LogP contribution < -0.4 is 0 Å². The summed E-state index contributed by atoms with van der Waals surface area (Å²) in [6.45, 7) is 0. The van der Waals surface area contributed by atoms with Crippen LogP contribution in [-0.2, 0) is 14.3 Å². The van der Waals surface area contributed by atoms with Crippen LogP contribution in [-0.4, -0.2) is 32.2 Å². The molecule has 3 heteroatoms. The van der Waals surface area contributed by atoms with Gasteiger partial charge >= 0.3 is 0 Å². The molecule has 3 fully saturated rings. The zero-order chi connectivity index (χ0) is 13.5. The molecule has 0 radical (unpaired) electrons. The Morgan fingerprint density at radius 3 is 1.47 bits per heavy atom. The third-order valence-corrected chi connectivity index (χ3v) is 6.09. The minimum absolute atomic E-state index is 0.0366. The topological polar surface area (TPSA) is 35.5 Å². The van der Waals surface area contributed by atoms with Crippen molar-refractivity contribution in [2.24, 2.45) is 10.8 Å². The maximum absolute atomic E-state index is 12.8. The van der Waals surface area contributed by atoms with E-state index in [-0.39, 0.29) is 10.8 Å². The Hall–Kier alpha value is -0.410. The summed E-state index contributed by atoms with van der Waals surface area (Å²) in [6.07, 6.45) is 10.4. The fraction of sp³-hybridized carbons (Fsp3) is 0.938. The second-order valence-electron chi connectivity index (χ2n) is 6.94. The van der Waals surface area contributed by atoms with Gasteiger partial charge in [-0.3, -0.25) is 4.79 Å². The van der Waals surface area contributed by atoms with Gasteiger partial charge in [-0.15, -0.1) is 0 Å². The predicted molar refractivity (Wildman–Crippen MR) is 73.0 cm³/mol. The Balaban J connectivity index is 1.61. The fourth-order valence-corrected chi connectivity index (χ4v) is 4.83. The van der Waals surface area contributed by atoms with E-state index >= 15 is 0 Å². The van der Waals surface area contributed by atoms with Gasteiger partial charge in [0, 0.05) is 25.0 Å². The summed E-state index contributed by atoms with van der Waals surface area (Å²) < 4.78 is 10.9. The molecule has 3 rings (SSSR count). The number of carbonyl (C=O) groups is 1. The second-order valence-corrected chi connectivity index (χ2v) is 6.94. The van der Waals surface area contributed by atoms with Gasteiger partial charge in [-0.25, -0.2) is 0 Å². The number of ketones is 1. The molecule has 3 aliphatic rings. The summed E-state index contributed by atoms with van der Waals surface area (Å²) in [4.78, 5) is 12.8. The van der Waals surface area contributed by atoms with Gasteiger partial charge in [0.15, 0.2) is 0 Å². The molecule has 3 aliphatic carbocycles. The van der Waals surface area contributed by atoms with Crippen molar-refractivity contribution >= 4 is 5.78 Å². The predicted octanol–water partition coefficient (Wildman–Crippen LogP) is 3.11. The molecule has 3 saturated carbocycles. The normalized spacial score (nSPS) is 46.5. The first-order valence-electron chi connectivity index (χ1n) is 7.75. The molecule has 0 saturated heterocycles. The van der Waals surface area contributed by atoms with Gasteiger partial charge < -0.3 is 9.47 Å². The summed E-state index contributed by atoms with van der Waals surface area (Å²) in [5, 5.41) is 0. The Bertz CT molecular complexity index is 315. The highest BCUT2D eigenvalue weighted by atomic mass is 16.5. The fourth-order valence-electron chi connectivity index (χ4n) is 4.83. The van der Waals surface area contributed by atoms with E-state index in [9.17, 15) is 4.79 Å². The molecule has 3 nitrogen and oxygen atoms in total. The van der Waals surface area contributed by atoms with E-state index in [4.69, 9.17) is 9.47 Å². The van der Waals surface area contributed by atoms with Crippen molar-refractivity contribution in [1.29, 1.82) is 0 Å². The van der Waals surface area contributed by atoms with Gasteiger partial charge in [0.2, 0.25) is 0 Å². The molecule has 0 N–H and O–H groups in total. The van der Waals surface area contributed by atoms with Crippen LogP contribution in [0.25, 0.3) is 0 Å². The van der Waals surface area contributed by atoms with E-state index in [1.54, 1.807) is 14.2 Å². The van der Waals surface area contributed by atoms with Gasteiger partial charge in [-0.1, -0.05) is 0 Å². The molecule has 0 unspecified atom stereocenters. The van der Waals surface area contributed by atoms with Crippen LogP contribution in [0.1, 0.15) is 57.8 Å². The van der Waals surface area contributed by atoms with Gasteiger partial charge in [-0.2, -0.15) is 0 Å². The number of hydrogen-bond acceptors (Lipinski definition) is 3. The SMILES string of the molecule is COC1CCC2(CC1)CC1(CCC(OC)CC1)C2=O. The average Bonchev–Trinajstić information content (AvgIpc) is 2.48. The molecule has 0 aromatic carbocycles. The van der Waals surface area contributed by atoms with Crippen molar-refractivity contribution in [2.75, 3.05) is 14.2 Å². The number of ether oxygens (including phenoxy) is 2. The lowest BCUT2D eigenvalue weighted by atomic mass is 9.44. The number of hydrogen-bond donors (Lipinski definition) is 0. The van der Waals surface area contributed by atoms with Crippen LogP contribution >= 0.6 is 0 Å². The van der Waals surface area contributed by atoms with Crippen molar-refractivity contribution in [2.45, 2.75) is 70.0 Å². The summed E-state index contributed by atoms with van der Waals surface area (Å²) >= 11 is 0. The lowest BCUT2D eigenvalue weighted by Crippen LogP contribution is -2.60. The Kier molecular flexibility index (Phi) is 3.46. The van der Waals surface area contributed by atoms with Gasteiger partial charge in [-0.05, 0) is 57.8 Å². The maximum atomic E-state index is 12.8. The zero-order valence-corrected chi connectivity index (χ0v) is 12.2. The van der Waals surface area contributed by atoms with E-state index < -0.39 is 0 Å². The number of Topliss-reactive ketones (excluding diaryl/α,β-unsaturated/α-hetero) is 1. The minimum Gasteiger partial charge on any atom is -0.381 e. The average molecular weight is 266 g/mol. The van der Waals surface area contributed by atoms with E-state index in [0.717, 1.165) is 57.8 Å². The monoisotopic (exact) mass is 266 g/mol. The van der Waals surface area contributed by atoms with Crippen molar-refractivity contribution in [3.8, 4) is 0 Å². The smallest absolute Gasteiger partial charge is 0.145 e. The summed E-state index contributed by atoms with van der Waals surface area (Å²) in [6, 6.07) is 0. The van der Waals surface area contributed by atoms with Crippen LogP contribution in [0, 0.1) is 10.8 Å². The summed E-state index contributed by atoms with van der Waals surface area (Å²) in [5.41, 5.74) is 0.0733. The number of carbonyl (C=O) groups excluding carboxylic acids is 1. The Morgan fingerprint density at radius 2 is 1.21 bits per heavy atom. The maximum Gasteiger partial charge on any atom is 0.145 e. The molecule has 0 aromatic rings. The van der Waals surface area contributed by atoms with Crippen molar-refractivity contribution in [3.05, 3.63) is 0 Å². The van der Waals surface area contributed by atoms with Gasteiger partial charge in [0.1, 0.15) is 5.78 Å². The lowest BCUT2D eigenvalue weighted by molar-refractivity contribution is -0.172. The Labute approximate surface area is 116 Å². The van der Waals surface area contributed by atoms with E-state index in [0.29, 0.717) is 18.0 Å². The molecule has 0 amide bonds. The van der Waals surface area contributed by atoms with Crippen molar-refractivity contribution in [3.63, 3.8) is 0 Å². The largest absolute Gasteiger partial charge is 0.381 e. The van der Waals surface area contributed by atoms with Crippen LogP contribution in [0.3, 0.4) is 0 Å². The van der Waals surface area contributed by atoms with Crippen LogP contribution in [0.15, 0.2) is 0 Å². The highest BCUT2D eigenvalue weighted by Crippen LogP contribution is 2.63. The highest BCUT2D eigenvalue weighted by Gasteiger charge is 2.63.